The van der Waals surface area contributed by atoms with E-state index in [-0.39, 0.29) is 24.1 Å². The Hall–Kier alpha value is -4.11. The molecule has 270 valence electrons. The maximum absolute atomic E-state index is 13.0. The van der Waals surface area contributed by atoms with Gasteiger partial charge in [0.1, 0.15) is 29.4 Å². The van der Waals surface area contributed by atoms with Crippen LogP contribution in [0.3, 0.4) is 0 Å². The average molecular weight is 686 g/mol. The maximum Gasteiger partial charge on any atom is 0.410 e. The normalized spacial score (nSPS) is 18.3. The SMILES string of the molecule is CCO[C@@H]1CN(c2cccc(-c3cc(C)ccc3OCc3ccc4c(c3C)CCN(C(=O)OC(C)(C)C)CC4)n2)CC[C@@H]1C(=O)OC(C)(C)C. The first-order valence-corrected chi connectivity index (χ1v) is 18.0. The first-order valence-electron chi connectivity index (χ1n) is 18.0. The van der Waals surface area contributed by atoms with Gasteiger partial charge in [-0.15, -0.1) is 0 Å². The lowest BCUT2D eigenvalue weighted by molar-refractivity contribution is -0.166. The molecule has 1 aromatic heterocycles. The number of hydrogen-bond acceptors (Lipinski definition) is 8. The molecule has 2 atom stereocenters. The molecule has 2 aliphatic rings. The number of nitrogens with zero attached hydrogens (tertiary/aromatic N) is 3. The van der Waals surface area contributed by atoms with Gasteiger partial charge < -0.3 is 28.7 Å². The van der Waals surface area contributed by atoms with E-state index in [0.29, 0.717) is 45.8 Å². The lowest BCUT2D eigenvalue weighted by Crippen LogP contribution is -2.49. The Kier molecular flexibility index (Phi) is 11.5. The second-order valence-corrected chi connectivity index (χ2v) is 15.5. The zero-order valence-corrected chi connectivity index (χ0v) is 31.4. The van der Waals surface area contributed by atoms with Gasteiger partial charge in [-0.3, -0.25) is 4.79 Å². The number of anilines is 1. The van der Waals surface area contributed by atoms with Gasteiger partial charge in [0.2, 0.25) is 0 Å². The highest BCUT2D eigenvalue weighted by molar-refractivity contribution is 5.74. The summed E-state index contributed by atoms with van der Waals surface area (Å²) < 4.78 is 24.0. The van der Waals surface area contributed by atoms with Crippen LogP contribution in [0.1, 0.15) is 82.7 Å². The van der Waals surface area contributed by atoms with Crippen molar-refractivity contribution in [2.75, 3.05) is 37.7 Å². The summed E-state index contributed by atoms with van der Waals surface area (Å²) in [5, 5.41) is 0. The maximum atomic E-state index is 13.0. The van der Waals surface area contributed by atoms with Crippen molar-refractivity contribution in [2.24, 2.45) is 5.92 Å². The van der Waals surface area contributed by atoms with Gasteiger partial charge in [-0.1, -0.05) is 29.8 Å². The van der Waals surface area contributed by atoms with Crippen LogP contribution in [0, 0.1) is 19.8 Å². The first kappa shape index (κ1) is 37.2. The van der Waals surface area contributed by atoms with E-state index in [9.17, 15) is 9.59 Å². The molecule has 2 aliphatic heterocycles. The summed E-state index contributed by atoms with van der Waals surface area (Å²) in [6.07, 6.45) is 1.67. The van der Waals surface area contributed by atoms with Crippen LogP contribution in [0.2, 0.25) is 0 Å². The zero-order chi connectivity index (χ0) is 36.2. The predicted octanol–water partition coefficient (Wildman–Crippen LogP) is 7.85. The highest BCUT2D eigenvalue weighted by atomic mass is 16.6. The highest BCUT2D eigenvalue weighted by Crippen LogP contribution is 2.34. The molecule has 0 spiro atoms. The summed E-state index contributed by atoms with van der Waals surface area (Å²) in [6.45, 7) is 21.0. The van der Waals surface area contributed by atoms with Gasteiger partial charge in [-0.2, -0.15) is 0 Å². The molecule has 3 heterocycles. The standard InChI is InChI=1S/C41H55N3O6/c1-10-47-36-25-44(23-20-32(36)38(45)49-40(4,5)6)37-13-11-12-34(42-37)33-24-27(2)14-17-35(33)48-26-30-16-15-29-18-21-43(22-19-31(29)28(30)3)39(46)50-41(7,8)9/h11-17,24,32,36H,10,18-23,25-26H2,1-9H3/t32-,36+/m0/s1. The highest BCUT2D eigenvalue weighted by Gasteiger charge is 2.38. The Bertz CT molecular complexity index is 1670. The number of carbonyl (C=O) groups is 2. The molecule has 0 aliphatic carbocycles. The van der Waals surface area contributed by atoms with Gasteiger partial charge in [0.25, 0.3) is 0 Å². The first-order chi connectivity index (χ1) is 23.6. The van der Waals surface area contributed by atoms with Crippen LogP contribution >= 0.6 is 0 Å². The van der Waals surface area contributed by atoms with E-state index in [1.54, 1.807) is 0 Å². The quantitative estimate of drug-likeness (QED) is 0.222. The molecule has 50 heavy (non-hydrogen) atoms. The number of benzene rings is 2. The number of piperidine rings is 1. The largest absolute Gasteiger partial charge is 0.488 e. The van der Waals surface area contributed by atoms with Crippen molar-refractivity contribution in [1.29, 1.82) is 0 Å². The van der Waals surface area contributed by atoms with Crippen molar-refractivity contribution in [2.45, 2.75) is 105 Å². The molecular weight excluding hydrogens is 630 g/mol. The summed E-state index contributed by atoms with van der Waals surface area (Å²) in [7, 11) is 0. The monoisotopic (exact) mass is 685 g/mol. The van der Waals surface area contributed by atoms with Crippen molar-refractivity contribution in [3.05, 3.63) is 76.3 Å². The van der Waals surface area contributed by atoms with E-state index in [2.05, 4.69) is 43.0 Å². The second kappa shape index (κ2) is 15.4. The van der Waals surface area contributed by atoms with Crippen LogP contribution < -0.4 is 9.64 Å². The fourth-order valence-electron chi connectivity index (χ4n) is 6.75. The van der Waals surface area contributed by atoms with Gasteiger partial charge in [-0.05, 0) is 128 Å². The molecule has 1 fully saturated rings. The number of aryl methyl sites for hydroxylation is 1. The van der Waals surface area contributed by atoms with Crippen LogP contribution in [0.5, 0.6) is 5.75 Å². The summed E-state index contributed by atoms with van der Waals surface area (Å²) in [5.74, 6) is 1.09. The Labute approximate surface area is 298 Å². The molecule has 5 rings (SSSR count). The average Bonchev–Trinajstić information content (AvgIpc) is 3.27. The topological polar surface area (TPSA) is 90.4 Å². The molecule has 9 nitrogen and oxygen atoms in total. The number of carbonyl (C=O) groups excluding carboxylic acids is 2. The van der Waals surface area contributed by atoms with Gasteiger partial charge in [0, 0.05) is 38.3 Å². The molecule has 0 saturated carbocycles. The number of aromatic nitrogens is 1. The number of pyridine rings is 1. The minimum atomic E-state index is -0.544. The van der Waals surface area contributed by atoms with Crippen LogP contribution in [0.4, 0.5) is 10.6 Å². The van der Waals surface area contributed by atoms with Crippen LogP contribution in [-0.2, 0) is 38.5 Å². The number of ether oxygens (including phenoxy) is 4. The van der Waals surface area contributed by atoms with Crippen LogP contribution in [0.25, 0.3) is 11.3 Å². The van der Waals surface area contributed by atoms with Gasteiger partial charge in [0.05, 0.1) is 17.7 Å². The molecule has 2 aromatic carbocycles. The summed E-state index contributed by atoms with van der Waals surface area (Å²) >= 11 is 0. The third-order valence-electron chi connectivity index (χ3n) is 9.24. The van der Waals surface area contributed by atoms with E-state index in [1.807, 2.05) is 77.6 Å². The number of hydrogen-bond donors (Lipinski definition) is 0. The van der Waals surface area contributed by atoms with Crippen molar-refractivity contribution >= 4 is 17.9 Å². The van der Waals surface area contributed by atoms with E-state index in [0.717, 1.165) is 46.8 Å². The van der Waals surface area contributed by atoms with Crippen LogP contribution in [0.15, 0.2) is 48.5 Å². The fourth-order valence-corrected chi connectivity index (χ4v) is 6.75. The van der Waals surface area contributed by atoms with Crippen LogP contribution in [-0.4, -0.2) is 72.0 Å². The number of fused-ring (bicyclic) bond motifs is 1. The van der Waals surface area contributed by atoms with Crippen molar-refractivity contribution in [1.82, 2.24) is 9.88 Å². The van der Waals surface area contributed by atoms with E-state index < -0.39 is 11.2 Å². The van der Waals surface area contributed by atoms with Crippen molar-refractivity contribution in [3.8, 4) is 17.0 Å². The third kappa shape index (κ3) is 9.36. The summed E-state index contributed by atoms with van der Waals surface area (Å²) in [6, 6.07) is 16.6. The molecule has 3 aromatic rings. The van der Waals surface area contributed by atoms with Gasteiger partial charge >= 0.3 is 12.1 Å². The zero-order valence-electron chi connectivity index (χ0n) is 31.4. The summed E-state index contributed by atoms with van der Waals surface area (Å²) in [4.78, 5) is 34.9. The molecule has 9 heteroatoms. The molecule has 0 radical (unpaired) electrons. The van der Waals surface area contributed by atoms with Crippen molar-refractivity contribution in [3.63, 3.8) is 0 Å². The Balaban J connectivity index is 1.31. The Morgan fingerprint density at radius 2 is 1.64 bits per heavy atom. The minimum absolute atomic E-state index is 0.202. The Morgan fingerprint density at radius 3 is 2.36 bits per heavy atom. The number of rotatable bonds is 8. The molecular formula is C41H55N3O6. The predicted molar refractivity (Wildman–Crippen MR) is 197 cm³/mol. The molecule has 1 saturated heterocycles. The fraction of sp³-hybridized carbons (Fsp3) is 0.537. The Morgan fingerprint density at radius 1 is 0.900 bits per heavy atom. The molecule has 0 bridgehead atoms. The lowest BCUT2D eigenvalue weighted by Gasteiger charge is -2.38. The second-order valence-electron chi connectivity index (χ2n) is 15.5. The molecule has 0 unspecified atom stereocenters. The van der Waals surface area contributed by atoms with E-state index in [4.69, 9.17) is 23.9 Å². The number of amides is 1. The van der Waals surface area contributed by atoms with Gasteiger partial charge in [-0.25, -0.2) is 9.78 Å². The lowest BCUT2D eigenvalue weighted by atomic mass is 9.93. The van der Waals surface area contributed by atoms with E-state index in [1.165, 1.54) is 16.7 Å². The number of esters is 1. The minimum Gasteiger partial charge on any atom is -0.488 e. The molecule has 1 amide bonds. The molecule has 0 N–H and O–H groups in total. The van der Waals surface area contributed by atoms with E-state index >= 15 is 0 Å². The third-order valence-corrected chi connectivity index (χ3v) is 9.24. The van der Waals surface area contributed by atoms with Gasteiger partial charge in [0.15, 0.2) is 0 Å². The smallest absolute Gasteiger partial charge is 0.410 e. The summed E-state index contributed by atoms with van der Waals surface area (Å²) in [5.41, 5.74) is 6.70. The van der Waals surface area contributed by atoms with Crippen molar-refractivity contribution < 1.29 is 28.5 Å².